The Balaban J connectivity index is 1.59. The molecule has 3 rings (SSSR count). The Hall–Kier alpha value is -2.52. The maximum absolute atomic E-state index is 13.8. The summed E-state index contributed by atoms with van der Waals surface area (Å²) in [7, 11) is 0. The van der Waals surface area contributed by atoms with Crippen LogP contribution in [0.1, 0.15) is 18.3 Å². The summed E-state index contributed by atoms with van der Waals surface area (Å²) < 4.78 is 27.3. The summed E-state index contributed by atoms with van der Waals surface area (Å²) in [6.07, 6.45) is 3.47. The molecule has 1 unspecified atom stereocenters. The van der Waals surface area contributed by atoms with Crippen LogP contribution in [0.25, 0.3) is 12.2 Å². The molecule has 3 aromatic rings. The van der Waals surface area contributed by atoms with Gasteiger partial charge in [0.25, 0.3) is 0 Å². The number of benzene rings is 2. The van der Waals surface area contributed by atoms with Gasteiger partial charge in [0.1, 0.15) is 17.5 Å². The molecule has 2 N–H and O–H groups in total. The number of aromatic nitrogens is 3. The van der Waals surface area contributed by atoms with Crippen molar-refractivity contribution in [3.63, 3.8) is 0 Å². The number of nitrogens with zero attached hydrogens (tertiary/aromatic N) is 2. The van der Waals surface area contributed by atoms with Gasteiger partial charge in [-0.1, -0.05) is 45.9 Å². The molecule has 1 amide bonds. The van der Waals surface area contributed by atoms with Gasteiger partial charge in [0.15, 0.2) is 0 Å². The zero-order valence-electron chi connectivity index (χ0n) is 14.6. The van der Waals surface area contributed by atoms with Crippen LogP contribution in [-0.4, -0.2) is 26.3 Å². The Bertz CT molecular complexity index is 1010. The molecule has 2 aromatic carbocycles. The molecule has 1 heterocycles. The second-order valence-electron chi connectivity index (χ2n) is 5.76. The number of amides is 1. The third kappa shape index (κ3) is 5.49. The lowest BCUT2D eigenvalue weighted by molar-refractivity contribution is -0.115. The summed E-state index contributed by atoms with van der Waals surface area (Å²) >= 11 is 4.31. The van der Waals surface area contributed by atoms with E-state index in [1.807, 2.05) is 0 Å². The maximum Gasteiger partial charge on any atom is 0.237 e. The first-order chi connectivity index (χ1) is 13.4. The molecule has 0 radical (unpaired) electrons. The van der Waals surface area contributed by atoms with E-state index in [4.69, 9.17) is 0 Å². The van der Waals surface area contributed by atoms with E-state index in [9.17, 15) is 13.6 Å². The van der Waals surface area contributed by atoms with Crippen LogP contribution in [-0.2, 0) is 4.79 Å². The molecule has 0 aliphatic carbocycles. The van der Waals surface area contributed by atoms with Crippen molar-refractivity contribution in [2.75, 3.05) is 5.32 Å². The third-order valence-corrected chi connectivity index (χ3v) is 5.08. The zero-order chi connectivity index (χ0) is 20.1. The smallest absolute Gasteiger partial charge is 0.237 e. The van der Waals surface area contributed by atoms with Crippen molar-refractivity contribution < 1.29 is 13.6 Å². The van der Waals surface area contributed by atoms with E-state index in [0.717, 1.165) is 17.3 Å². The Morgan fingerprint density at radius 2 is 1.96 bits per heavy atom. The summed E-state index contributed by atoms with van der Waals surface area (Å²) in [5.74, 6) is -0.686. The number of nitrogens with one attached hydrogen (secondary N) is 2. The molecule has 0 saturated carbocycles. The topological polar surface area (TPSA) is 70.7 Å². The van der Waals surface area contributed by atoms with Crippen LogP contribution >= 0.6 is 27.7 Å². The Kier molecular flexibility index (Phi) is 6.58. The van der Waals surface area contributed by atoms with E-state index in [0.29, 0.717) is 15.5 Å². The lowest BCUT2D eigenvalue weighted by atomic mass is 10.2. The molecule has 1 aromatic heterocycles. The number of H-pyrrole nitrogens is 1. The number of hydrogen-bond donors (Lipinski definition) is 2. The standard InChI is InChI=1S/C19H15BrF2N4OS/c1-11(18(27)23-16-8-5-13(20)10-15(16)22)28-19-24-17(25-26-19)9-4-12-2-6-14(21)7-3-12/h2-11H,1H3,(H,23,27)(H,24,25,26)/b9-4+. The van der Waals surface area contributed by atoms with Gasteiger partial charge in [-0.25, -0.2) is 13.8 Å². The fourth-order valence-corrected chi connectivity index (χ4v) is 3.24. The van der Waals surface area contributed by atoms with E-state index >= 15 is 0 Å². The highest BCUT2D eigenvalue weighted by molar-refractivity contribution is 9.10. The van der Waals surface area contributed by atoms with Crippen molar-refractivity contribution in [3.8, 4) is 0 Å². The van der Waals surface area contributed by atoms with Crippen molar-refractivity contribution in [2.45, 2.75) is 17.3 Å². The average Bonchev–Trinajstić information content (AvgIpc) is 3.11. The molecule has 0 bridgehead atoms. The number of aromatic amines is 1. The van der Waals surface area contributed by atoms with Crippen LogP contribution in [0.5, 0.6) is 0 Å². The van der Waals surface area contributed by atoms with E-state index in [-0.39, 0.29) is 17.4 Å². The van der Waals surface area contributed by atoms with Crippen molar-refractivity contribution in [2.24, 2.45) is 0 Å². The molecule has 28 heavy (non-hydrogen) atoms. The molecule has 144 valence electrons. The minimum absolute atomic E-state index is 0.110. The third-order valence-electron chi connectivity index (χ3n) is 3.63. The number of carbonyl (C=O) groups excluding carboxylic acids is 1. The van der Waals surface area contributed by atoms with E-state index in [1.54, 1.807) is 37.3 Å². The lowest BCUT2D eigenvalue weighted by Gasteiger charge is -2.10. The number of thioether (sulfide) groups is 1. The van der Waals surface area contributed by atoms with Crippen molar-refractivity contribution in [1.82, 2.24) is 15.2 Å². The van der Waals surface area contributed by atoms with Gasteiger partial charge < -0.3 is 5.32 Å². The van der Waals surface area contributed by atoms with Gasteiger partial charge in [0.05, 0.1) is 10.9 Å². The summed E-state index contributed by atoms with van der Waals surface area (Å²) in [4.78, 5) is 16.6. The summed E-state index contributed by atoms with van der Waals surface area (Å²) in [5.41, 5.74) is 0.926. The Labute approximate surface area is 172 Å². The zero-order valence-corrected chi connectivity index (χ0v) is 17.0. The molecule has 0 fully saturated rings. The molecule has 0 spiro atoms. The maximum atomic E-state index is 13.8. The van der Waals surface area contributed by atoms with Crippen molar-refractivity contribution in [3.05, 3.63) is 70.0 Å². The van der Waals surface area contributed by atoms with Gasteiger partial charge in [0.2, 0.25) is 11.1 Å². The second-order valence-corrected chi connectivity index (χ2v) is 7.99. The summed E-state index contributed by atoms with van der Waals surface area (Å²) in [5, 5.41) is 9.22. The van der Waals surface area contributed by atoms with Crippen molar-refractivity contribution in [1.29, 1.82) is 0 Å². The normalized spacial score (nSPS) is 12.3. The van der Waals surface area contributed by atoms with Crippen LogP contribution in [0.2, 0.25) is 0 Å². The fourth-order valence-electron chi connectivity index (χ4n) is 2.17. The molecule has 0 aliphatic heterocycles. The van der Waals surface area contributed by atoms with Crippen LogP contribution in [0, 0.1) is 11.6 Å². The van der Waals surface area contributed by atoms with Gasteiger partial charge >= 0.3 is 0 Å². The number of rotatable bonds is 6. The molecular formula is C19H15BrF2N4OS. The summed E-state index contributed by atoms with van der Waals surface area (Å²) in [6, 6.07) is 10.4. The predicted molar refractivity (Wildman–Crippen MR) is 110 cm³/mol. The molecular weight excluding hydrogens is 450 g/mol. The van der Waals surface area contributed by atoms with E-state index in [1.165, 1.54) is 24.3 Å². The predicted octanol–water partition coefficient (Wildman–Crippen LogP) is 5.14. The van der Waals surface area contributed by atoms with E-state index in [2.05, 4.69) is 36.4 Å². The Morgan fingerprint density at radius 1 is 1.21 bits per heavy atom. The number of halogens is 3. The molecule has 0 aliphatic rings. The number of carbonyl (C=O) groups is 1. The molecule has 5 nitrogen and oxygen atoms in total. The lowest BCUT2D eigenvalue weighted by Crippen LogP contribution is -2.23. The van der Waals surface area contributed by atoms with E-state index < -0.39 is 11.1 Å². The highest BCUT2D eigenvalue weighted by Crippen LogP contribution is 2.23. The van der Waals surface area contributed by atoms with Crippen molar-refractivity contribution >= 4 is 51.4 Å². The first kappa shape index (κ1) is 20.2. The largest absolute Gasteiger partial charge is 0.323 e. The second kappa shape index (κ2) is 9.11. The van der Waals surface area contributed by atoms with Crippen LogP contribution < -0.4 is 5.32 Å². The SMILES string of the molecule is CC(Sc1n[nH]c(/C=C/c2ccc(F)cc2)n1)C(=O)Nc1ccc(Br)cc1F. The first-order valence-corrected chi connectivity index (χ1v) is 9.86. The quantitative estimate of drug-likeness (QED) is 0.495. The van der Waals surface area contributed by atoms with Gasteiger partial charge in [0, 0.05) is 4.47 Å². The van der Waals surface area contributed by atoms with Gasteiger partial charge in [-0.2, -0.15) is 0 Å². The average molecular weight is 465 g/mol. The summed E-state index contributed by atoms with van der Waals surface area (Å²) in [6.45, 7) is 1.68. The van der Waals surface area contributed by atoms with Gasteiger partial charge in [-0.05, 0) is 48.9 Å². The fraction of sp³-hybridized carbons (Fsp3) is 0.105. The monoisotopic (exact) mass is 464 g/mol. The minimum atomic E-state index is -0.534. The molecule has 9 heteroatoms. The molecule has 1 atom stereocenters. The van der Waals surface area contributed by atoms with Crippen LogP contribution in [0.15, 0.2) is 52.1 Å². The highest BCUT2D eigenvalue weighted by Gasteiger charge is 2.18. The number of hydrogen-bond acceptors (Lipinski definition) is 4. The number of anilines is 1. The minimum Gasteiger partial charge on any atom is -0.323 e. The highest BCUT2D eigenvalue weighted by atomic mass is 79.9. The van der Waals surface area contributed by atoms with Crippen LogP contribution in [0.4, 0.5) is 14.5 Å². The van der Waals surface area contributed by atoms with Gasteiger partial charge in [-0.3, -0.25) is 9.89 Å². The van der Waals surface area contributed by atoms with Gasteiger partial charge in [-0.15, -0.1) is 5.10 Å². The first-order valence-electron chi connectivity index (χ1n) is 8.19. The van der Waals surface area contributed by atoms with Crippen LogP contribution in [0.3, 0.4) is 0 Å². The molecule has 0 saturated heterocycles. The Morgan fingerprint density at radius 3 is 2.68 bits per heavy atom.